The summed E-state index contributed by atoms with van der Waals surface area (Å²) in [5.74, 6) is -0.693. The van der Waals surface area contributed by atoms with Crippen molar-refractivity contribution in [2.45, 2.75) is 6.92 Å². The number of hydrogen-bond donors (Lipinski definition) is 2. The Morgan fingerprint density at radius 2 is 2.25 bits per heavy atom. The summed E-state index contributed by atoms with van der Waals surface area (Å²) in [7, 11) is 1.65. The Bertz CT molecular complexity index is 656. The van der Waals surface area contributed by atoms with Gasteiger partial charge in [-0.3, -0.25) is 4.40 Å². The molecule has 0 aromatic carbocycles. The standard InChI is InChI=1S/C9H10N4O2S/c1-4-6(10)11-9(16)13-3-5(8(14)15)12(2)7(4)13/h3H,1-2H3,(H,14,15)(H2,10,11,16). The highest BCUT2D eigenvalue weighted by Gasteiger charge is 2.15. The fourth-order valence-electron chi connectivity index (χ4n) is 1.68. The molecule has 0 saturated carbocycles. The van der Waals surface area contributed by atoms with Gasteiger partial charge < -0.3 is 15.4 Å². The topological polar surface area (TPSA) is 85.5 Å². The molecule has 3 N–H and O–H groups in total. The number of carboxylic acid groups (broad SMARTS) is 1. The van der Waals surface area contributed by atoms with Gasteiger partial charge in [-0.15, -0.1) is 0 Å². The van der Waals surface area contributed by atoms with Gasteiger partial charge in [0.15, 0.2) is 0 Å². The number of rotatable bonds is 1. The average Bonchev–Trinajstić information content (AvgIpc) is 2.53. The van der Waals surface area contributed by atoms with Crippen molar-refractivity contribution in [1.29, 1.82) is 0 Å². The summed E-state index contributed by atoms with van der Waals surface area (Å²) in [6, 6.07) is 0. The molecule has 0 unspecified atom stereocenters. The summed E-state index contributed by atoms with van der Waals surface area (Å²) in [5, 5.41) is 9.00. The first-order valence-corrected chi connectivity index (χ1v) is 4.91. The van der Waals surface area contributed by atoms with Crippen LogP contribution in [-0.2, 0) is 7.05 Å². The van der Waals surface area contributed by atoms with Crippen LogP contribution in [0.3, 0.4) is 0 Å². The van der Waals surface area contributed by atoms with E-state index in [0.29, 0.717) is 17.0 Å². The molecule has 0 radical (unpaired) electrons. The van der Waals surface area contributed by atoms with E-state index in [1.807, 2.05) is 0 Å². The zero-order valence-electron chi connectivity index (χ0n) is 8.76. The summed E-state index contributed by atoms with van der Waals surface area (Å²) in [6.45, 7) is 1.78. The number of imidazole rings is 1. The highest BCUT2D eigenvalue weighted by atomic mass is 32.1. The summed E-state index contributed by atoms with van der Waals surface area (Å²) in [5.41, 5.74) is 7.19. The molecule has 0 saturated heterocycles. The molecule has 16 heavy (non-hydrogen) atoms. The zero-order chi connectivity index (χ0) is 12.0. The second-order valence-electron chi connectivity index (χ2n) is 3.48. The molecule has 0 aliphatic heterocycles. The van der Waals surface area contributed by atoms with Gasteiger partial charge >= 0.3 is 5.97 Å². The minimum atomic E-state index is -1.02. The number of aryl methyl sites for hydroxylation is 2. The van der Waals surface area contributed by atoms with Gasteiger partial charge in [0.2, 0.25) is 4.77 Å². The van der Waals surface area contributed by atoms with E-state index in [0.717, 1.165) is 0 Å². The minimum absolute atomic E-state index is 0.140. The fourth-order valence-corrected chi connectivity index (χ4v) is 1.92. The number of nitrogens with zero attached hydrogens (tertiary/aromatic N) is 3. The number of carbonyl (C=O) groups is 1. The van der Waals surface area contributed by atoms with E-state index in [2.05, 4.69) is 4.98 Å². The van der Waals surface area contributed by atoms with Gasteiger partial charge in [-0.05, 0) is 19.1 Å². The highest BCUT2D eigenvalue weighted by molar-refractivity contribution is 7.71. The Morgan fingerprint density at radius 3 is 2.81 bits per heavy atom. The van der Waals surface area contributed by atoms with Crippen molar-refractivity contribution in [2.24, 2.45) is 7.05 Å². The first-order valence-electron chi connectivity index (χ1n) is 4.51. The van der Waals surface area contributed by atoms with Gasteiger partial charge in [0, 0.05) is 18.8 Å². The van der Waals surface area contributed by atoms with Gasteiger partial charge in [0.1, 0.15) is 17.2 Å². The first kappa shape index (κ1) is 10.6. The van der Waals surface area contributed by atoms with E-state index >= 15 is 0 Å². The van der Waals surface area contributed by atoms with E-state index in [1.54, 1.807) is 18.4 Å². The number of nitrogen functional groups attached to an aromatic ring is 1. The van der Waals surface area contributed by atoms with Crippen LogP contribution in [0.1, 0.15) is 16.1 Å². The molecule has 2 heterocycles. The second kappa shape index (κ2) is 3.31. The Morgan fingerprint density at radius 1 is 1.62 bits per heavy atom. The predicted molar refractivity (Wildman–Crippen MR) is 61.1 cm³/mol. The summed E-state index contributed by atoms with van der Waals surface area (Å²) in [6.07, 6.45) is 1.44. The first-order chi connectivity index (χ1) is 7.43. The maximum absolute atomic E-state index is 11.0. The third-order valence-corrected chi connectivity index (χ3v) is 2.81. The maximum Gasteiger partial charge on any atom is 0.354 e. The lowest BCUT2D eigenvalue weighted by Crippen LogP contribution is -2.06. The van der Waals surface area contributed by atoms with Crippen LogP contribution in [0.5, 0.6) is 0 Å². The molecule has 0 aliphatic rings. The number of carboxylic acids is 1. The molecule has 0 fully saturated rings. The molecular weight excluding hydrogens is 228 g/mol. The molecule has 0 atom stereocenters. The lowest BCUT2D eigenvalue weighted by atomic mass is 10.3. The summed E-state index contributed by atoms with van der Waals surface area (Å²) < 4.78 is 3.33. The number of nitrogens with two attached hydrogens (primary N) is 1. The Hall–Kier alpha value is -1.89. The van der Waals surface area contributed by atoms with Crippen LogP contribution >= 0.6 is 12.2 Å². The van der Waals surface area contributed by atoms with Gasteiger partial charge in [-0.1, -0.05) is 0 Å². The molecule has 0 amide bonds. The fraction of sp³-hybridized carbons (Fsp3) is 0.222. The third-order valence-electron chi connectivity index (χ3n) is 2.52. The highest BCUT2D eigenvalue weighted by Crippen LogP contribution is 2.18. The van der Waals surface area contributed by atoms with Gasteiger partial charge in [-0.2, -0.15) is 0 Å². The van der Waals surface area contributed by atoms with Gasteiger partial charge in [-0.25, -0.2) is 9.78 Å². The average molecular weight is 238 g/mol. The smallest absolute Gasteiger partial charge is 0.354 e. The minimum Gasteiger partial charge on any atom is -0.477 e. The van der Waals surface area contributed by atoms with Crippen LogP contribution in [0.15, 0.2) is 6.20 Å². The molecule has 2 aromatic heterocycles. The van der Waals surface area contributed by atoms with Crippen molar-refractivity contribution in [3.63, 3.8) is 0 Å². The molecule has 2 aromatic rings. The number of fused-ring (bicyclic) bond motifs is 1. The Labute approximate surface area is 95.9 Å². The Kier molecular flexibility index (Phi) is 2.20. The normalized spacial score (nSPS) is 10.9. The van der Waals surface area contributed by atoms with Crippen molar-refractivity contribution < 1.29 is 9.90 Å². The summed E-state index contributed by atoms with van der Waals surface area (Å²) in [4.78, 5) is 14.9. The number of aromatic nitrogens is 3. The van der Waals surface area contributed by atoms with E-state index in [1.165, 1.54) is 10.8 Å². The van der Waals surface area contributed by atoms with Crippen LogP contribution in [0.25, 0.3) is 5.65 Å². The quantitative estimate of drug-likeness (QED) is 0.724. The van der Waals surface area contributed by atoms with Crippen LogP contribution < -0.4 is 5.73 Å². The van der Waals surface area contributed by atoms with Crippen LogP contribution in [0.4, 0.5) is 5.82 Å². The number of aromatic carboxylic acids is 1. The molecule has 0 aliphatic carbocycles. The molecule has 0 spiro atoms. The van der Waals surface area contributed by atoms with Crippen molar-refractivity contribution in [1.82, 2.24) is 14.0 Å². The van der Waals surface area contributed by atoms with Crippen molar-refractivity contribution >= 4 is 29.7 Å². The molecular formula is C9H10N4O2S. The molecule has 84 valence electrons. The third kappa shape index (κ3) is 1.28. The monoisotopic (exact) mass is 238 g/mol. The van der Waals surface area contributed by atoms with Crippen molar-refractivity contribution in [2.75, 3.05) is 5.73 Å². The number of anilines is 1. The molecule has 6 nitrogen and oxygen atoms in total. The molecule has 0 bridgehead atoms. The van der Waals surface area contributed by atoms with E-state index in [9.17, 15) is 4.79 Å². The van der Waals surface area contributed by atoms with E-state index in [4.69, 9.17) is 23.1 Å². The molecule has 2 rings (SSSR count). The van der Waals surface area contributed by atoms with Crippen LogP contribution in [0, 0.1) is 11.7 Å². The van der Waals surface area contributed by atoms with Crippen molar-refractivity contribution in [3.8, 4) is 0 Å². The SMILES string of the molecule is Cc1c(N)nc(=S)n2cc(C(=O)O)n(C)c12. The largest absolute Gasteiger partial charge is 0.477 e. The van der Waals surface area contributed by atoms with E-state index < -0.39 is 5.97 Å². The van der Waals surface area contributed by atoms with Crippen LogP contribution in [0.2, 0.25) is 0 Å². The predicted octanol–water partition coefficient (Wildman–Crippen LogP) is 0.991. The zero-order valence-corrected chi connectivity index (χ0v) is 9.58. The van der Waals surface area contributed by atoms with Gasteiger partial charge in [0.05, 0.1) is 0 Å². The second-order valence-corrected chi connectivity index (χ2v) is 3.84. The van der Waals surface area contributed by atoms with Gasteiger partial charge in [0.25, 0.3) is 0 Å². The van der Waals surface area contributed by atoms with Crippen LogP contribution in [-0.4, -0.2) is 25.0 Å². The maximum atomic E-state index is 11.0. The van der Waals surface area contributed by atoms with E-state index in [-0.39, 0.29) is 10.5 Å². The molecule has 7 heteroatoms. The summed E-state index contributed by atoms with van der Waals surface area (Å²) >= 11 is 5.03. The number of hydrogen-bond acceptors (Lipinski definition) is 4. The Balaban J connectivity index is 3.03. The lowest BCUT2D eigenvalue weighted by Gasteiger charge is -2.04. The lowest BCUT2D eigenvalue weighted by molar-refractivity contribution is 0.0687. The van der Waals surface area contributed by atoms with Crippen molar-refractivity contribution in [3.05, 3.63) is 22.2 Å².